The van der Waals surface area contributed by atoms with E-state index in [0.717, 1.165) is 16.6 Å². The molecule has 1 nitrogen and oxygen atoms in total. The molecule has 0 amide bonds. The van der Waals surface area contributed by atoms with Crippen LogP contribution in [0, 0.1) is 11.7 Å². The Balaban J connectivity index is 2.57. The van der Waals surface area contributed by atoms with Crippen molar-refractivity contribution in [2.24, 2.45) is 5.92 Å². The summed E-state index contributed by atoms with van der Waals surface area (Å²) in [7, 11) is 0. The number of rotatable bonds is 5. The first kappa shape index (κ1) is 12.4. The van der Waals surface area contributed by atoms with Gasteiger partial charge in [-0.1, -0.05) is 26.7 Å². The van der Waals surface area contributed by atoms with Gasteiger partial charge in [0.05, 0.1) is 0 Å². The Hall–Kier alpha value is -0.700. The Morgan fingerprint density at radius 3 is 2.53 bits per heavy atom. The lowest BCUT2D eigenvalue weighted by molar-refractivity contribution is 0.554. The zero-order valence-corrected chi connectivity index (χ0v) is 10.1. The highest BCUT2D eigenvalue weighted by atomic mass is 32.2. The highest BCUT2D eigenvalue weighted by Gasteiger charge is 2.06. The maximum atomic E-state index is 12.8. The smallest absolute Gasteiger partial charge is 0.125 e. The predicted molar refractivity (Wildman–Crippen MR) is 65.6 cm³/mol. The highest BCUT2D eigenvalue weighted by Crippen LogP contribution is 2.28. The van der Waals surface area contributed by atoms with E-state index in [4.69, 9.17) is 5.73 Å². The van der Waals surface area contributed by atoms with Crippen LogP contribution in [0.15, 0.2) is 23.1 Å². The van der Waals surface area contributed by atoms with E-state index in [2.05, 4.69) is 13.8 Å². The van der Waals surface area contributed by atoms with E-state index in [1.165, 1.54) is 25.0 Å². The van der Waals surface area contributed by atoms with E-state index in [-0.39, 0.29) is 5.82 Å². The first-order chi connectivity index (χ1) is 7.17. The van der Waals surface area contributed by atoms with Crippen molar-refractivity contribution in [3.05, 3.63) is 24.0 Å². The molecule has 84 valence electrons. The van der Waals surface area contributed by atoms with Crippen molar-refractivity contribution in [2.75, 3.05) is 11.5 Å². The minimum absolute atomic E-state index is 0.264. The van der Waals surface area contributed by atoms with Crippen LogP contribution in [0.4, 0.5) is 10.1 Å². The molecule has 0 bridgehead atoms. The maximum absolute atomic E-state index is 12.8. The summed E-state index contributed by atoms with van der Waals surface area (Å²) in [4.78, 5) is 0.989. The third-order valence-electron chi connectivity index (χ3n) is 2.60. The molecular weight excluding hydrogens is 209 g/mol. The largest absolute Gasteiger partial charge is 0.398 e. The number of benzene rings is 1. The van der Waals surface area contributed by atoms with Gasteiger partial charge in [0.15, 0.2) is 0 Å². The topological polar surface area (TPSA) is 26.0 Å². The molecular formula is C12H18FNS. The van der Waals surface area contributed by atoms with E-state index in [1.807, 2.05) is 0 Å². The van der Waals surface area contributed by atoms with Crippen LogP contribution in [0.5, 0.6) is 0 Å². The van der Waals surface area contributed by atoms with Crippen molar-refractivity contribution in [2.45, 2.75) is 31.6 Å². The van der Waals surface area contributed by atoms with Crippen LogP contribution in [0.2, 0.25) is 0 Å². The molecule has 1 aromatic rings. The van der Waals surface area contributed by atoms with Crippen molar-refractivity contribution in [1.82, 2.24) is 0 Å². The number of anilines is 1. The molecule has 2 N–H and O–H groups in total. The van der Waals surface area contributed by atoms with Gasteiger partial charge in [-0.15, -0.1) is 11.8 Å². The number of hydrogen-bond donors (Lipinski definition) is 1. The van der Waals surface area contributed by atoms with Crippen molar-refractivity contribution >= 4 is 17.4 Å². The van der Waals surface area contributed by atoms with Gasteiger partial charge >= 0.3 is 0 Å². The van der Waals surface area contributed by atoms with Gasteiger partial charge in [0, 0.05) is 16.3 Å². The Labute approximate surface area is 95.2 Å². The van der Waals surface area contributed by atoms with Gasteiger partial charge in [-0.05, 0) is 24.1 Å². The summed E-state index contributed by atoms with van der Waals surface area (Å²) in [6.45, 7) is 4.39. The maximum Gasteiger partial charge on any atom is 0.125 e. The van der Waals surface area contributed by atoms with E-state index in [9.17, 15) is 4.39 Å². The summed E-state index contributed by atoms with van der Waals surface area (Å²) in [6, 6.07) is 4.61. The van der Waals surface area contributed by atoms with Gasteiger partial charge in [-0.2, -0.15) is 0 Å². The van der Waals surface area contributed by atoms with Crippen LogP contribution in [0.1, 0.15) is 26.7 Å². The van der Waals surface area contributed by atoms with Crippen molar-refractivity contribution in [3.63, 3.8) is 0 Å². The van der Waals surface area contributed by atoms with Gasteiger partial charge in [0.2, 0.25) is 0 Å². The SMILES string of the molecule is CCC(CC)CSc1ccc(F)cc1N. The molecule has 0 atom stereocenters. The van der Waals surface area contributed by atoms with Gasteiger partial charge in [0.1, 0.15) is 5.82 Å². The molecule has 3 heteroatoms. The lowest BCUT2D eigenvalue weighted by Gasteiger charge is -2.12. The van der Waals surface area contributed by atoms with Gasteiger partial charge < -0.3 is 5.73 Å². The number of nitrogens with two attached hydrogens (primary N) is 1. The molecule has 15 heavy (non-hydrogen) atoms. The quantitative estimate of drug-likeness (QED) is 0.609. The van der Waals surface area contributed by atoms with Gasteiger partial charge in [0.25, 0.3) is 0 Å². The second-order valence-corrected chi connectivity index (χ2v) is 4.74. The molecule has 0 unspecified atom stereocenters. The van der Waals surface area contributed by atoms with E-state index >= 15 is 0 Å². The average molecular weight is 227 g/mol. The van der Waals surface area contributed by atoms with Crippen molar-refractivity contribution < 1.29 is 4.39 Å². The molecule has 0 saturated carbocycles. The van der Waals surface area contributed by atoms with Crippen LogP contribution in [0.3, 0.4) is 0 Å². The fraction of sp³-hybridized carbons (Fsp3) is 0.500. The molecule has 0 aliphatic carbocycles. The minimum atomic E-state index is -0.264. The average Bonchev–Trinajstić information content (AvgIpc) is 2.22. The van der Waals surface area contributed by atoms with Gasteiger partial charge in [-0.25, -0.2) is 4.39 Å². The lowest BCUT2D eigenvalue weighted by atomic mass is 10.1. The molecule has 0 spiro atoms. The fourth-order valence-corrected chi connectivity index (χ4v) is 2.66. The standard InChI is InChI=1S/C12H18FNS/c1-3-9(4-2)8-15-12-6-5-10(13)7-11(12)14/h5-7,9H,3-4,8,14H2,1-2H3. The first-order valence-corrected chi connectivity index (χ1v) is 6.33. The highest BCUT2D eigenvalue weighted by molar-refractivity contribution is 7.99. The molecule has 0 aliphatic heterocycles. The number of hydrogen-bond acceptors (Lipinski definition) is 2. The molecule has 1 aromatic carbocycles. The van der Waals surface area contributed by atoms with Crippen LogP contribution >= 0.6 is 11.8 Å². The zero-order chi connectivity index (χ0) is 11.3. The van der Waals surface area contributed by atoms with E-state index in [1.54, 1.807) is 17.8 Å². The van der Waals surface area contributed by atoms with Crippen LogP contribution < -0.4 is 5.73 Å². The summed E-state index contributed by atoms with van der Waals surface area (Å²) in [5.41, 5.74) is 6.28. The number of nitrogen functional groups attached to an aromatic ring is 1. The molecule has 0 aromatic heterocycles. The van der Waals surface area contributed by atoms with Crippen LogP contribution in [0.25, 0.3) is 0 Å². The molecule has 1 rings (SSSR count). The normalized spacial score (nSPS) is 10.9. The summed E-state index contributed by atoms with van der Waals surface area (Å²) in [5, 5.41) is 0. The summed E-state index contributed by atoms with van der Waals surface area (Å²) >= 11 is 1.72. The fourth-order valence-electron chi connectivity index (χ4n) is 1.38. The van der Waals surface area contributed by atoms with E-state index < -0.39 is 0 Å². The zero-order valence-electron chi connectivity index (χ0n) is 9.29. The predicted octanol–water partition coefficient (Wildman–Crippen LogP) is 3.94. The van der Waals surface area contributed by atoms with Crippen molar-refractivity contribution in [1.29, 1.82) is 0 Å². The first-order valence-electron chi connectivity index (χ1n) is 5.35. The Kier molecular flexibility index (Phi) is 4.95. The Morgan fingerprint density at radius 2 is 2.00 bits per heavy atom. The molecule has 0 saturated heterocycles. The molecule has 0 fully saturated rings. The van der Waals surface area contributed by atoms with Crippen molar-refractivity contribution in [3.8, 4) is 0 Å². The number of thioether (sulfide) groups is 1. The third-order valence-corrected chi connectivity index (χ3v) is 3.92. The van der Waals surface area contributed by atoms with E-state index in [0.29, 0.717) is 5.69 Å². The lowest BCUT2D eigenvalue weighted by Crippen LogP contribution is -2.00. The number of halogens is 1. The summed E-state index contributed by atoms with van der Waals surface area (Å²) in [6.07, 6.45) is 2.37. The summed E-state index contributed by atoms with van der Waals surface area (Å²) < 4.78 is 12.8. The van der Waals surface area contributed by atoms with Gasteiger partial charge in [-0.3, -0.25) is 0 Å². The Morgan fingerprint density at radius 1 is 1.33 bits per heavy atom. The molecule has 0 aliphatic rings. The Bertz CT molecular complexity index is 310. The minimum Gasteiger partial charge on any atom is -0.398 e. The molecule has 0 radical (unpaired) electrons. The second-order valence-electron chi connectivity index (χ2n) is 3.68. The van der Waals surface area contributed by atoms with Crippen LogP contribution in [-0.4, -0.2) is 5.75 Å². The summed E-state index contributed by atoms with van der Waals surface area (Å²) in [5.74, 6) is 1.52. The molecule has 0 heterocycles. The second kappa shape index (κ2) is 6.01. The van der Waals surface area contributed by atoms with Crippen LogP contribution in [-0.2, 0) is 0 Å². The third kappa shape index (κ3) is 3.74. The monoisotopic (exact) mass is 227 g/mol.